The van der Waals surface area contributed by atoms with Gasteiger partial charge in [-0.15, -0.1) is 0 Å². The second kappa shape index (κ2) is 8.75. The highest BCUT2D eigenvalue weighted by atomic mass is 35.5. The van der Waals surface area contributed by atoms with Crippen LogP contribution in [0.15, 0.2) is 54.6 Å². The molecular formula is C24H24ClNO3. The number of anilines is 1. The number of benzene rings is 3. The number of phenols is 1. The maximum Gasteiger partial charge on any atom is 0.259 e. The molecule has 2 N–H and O–H groups in total. The number of phenolic OH excluding ortho intramolecular Hbond substituents is 1. The number of aromatic hydroxyl groups is 1. The quantitative estimate of drug-likeness (QED) is 0.511. The van der Waals surface area contributed by atoms with Crippen LogP contribution in [0.2, 0.25) is 5.02 Å². The summed E-state index contributed by atoms with van der Waals surface area (Å²) >= 11 is 6.16. The lowest BCUT2D eigenvalue weighted by Crippen LogP contribution is -2.16. The summed E-state index contributed by atoms with van der Waals surface area (Å²) in [4.78, 5) is 12.9. The average molecular weight is 410 g/mol. The number of rotatable bonds is 5. The number of hydrogen-bond acceptors (Lipinski definition) is 3. The van der Waals surface area contributed by atoms with Crippen molar-refractivity contribution in [3.63, 3.8) is 0 Å². The van der Waals surface area contributed by atoms with Crippen molar-refractivity contribution in [3.8, 4) is 11.5 Å². The number of amides is 1. The van der Waals surface area contributed by atoms with Crippen LogP contribution in [0, 0.1) is 5.92 Å². The van der Waals surface area contributed by atoms with Gasteiger partial charge in [-0.05, 0) is 37.0 Å². The molecule has 0 saturated heterocycles. The number of nitrogens with one attached hydrogen (secondary N) is 1. The van der Waals surface area contributed by atoms with E-state index in [0.29, 0.717) is 34.4 Å². The first-order valence-corrected chi connectivity index (χ1v) is 10.4. The molecular weight excluding hydrogens is 386 g/mol. The molecule has 1 fully saturated rings. The van der Waals surface area contributed by atoms with E-state index < -0.39 is 5.91 Å². The molecule has 1 aliphatic carbocycles. The van der Waals surface area contributed by atoms with E-state index in [-0.39, 0.29) is 11.3 Å². The Morgan fingerprint density at radius 2 is 1.72 bits per heavy atom. The highest BCUT2D eigenvalue weighted by Gasteiger charge is 2.20. The number of halogens is 1. The minimum Gasteiger partial charge on any atom is -0.506 e. The Bertz CT molecular complexity index is 1030. The van der Waals surface area contributed by atoms with Gasteiger partial charge in [0, 0.05) is 10.8 Å². The van der Waals surface area contributed by atoms with E-state index in [9.17, 15) is 9.90 Å². The first kappa shape index (κ1) is 19.6. The van der Waals surface area contributed by atoms with Gasteiger partial charge in [0.15, 0.2) is 0 Å². The molecule has 0 bridgehead atoms. The standard InChI is InChI=1S/C24H24ClNO3/c25-20-12-6-7-13-21(20)26-24(28)19-14-22(29-15-16-8-2-1-3-9-16)17-10-4-5-11-18(17)23(19)27/h4-7,10-14,16,27H,1-3,8-9,15H2,(H,26,28). The molecule has 4 nitrogen and oxygen atoms in total. The van der Waals surface area contributed by atoms with Crippen molar-refractivity contribution in [3.05, 3.63) is 65.2 Å². The Hall–Kier alpha value is -2.72. The predicted octanol–water partition coefficient (Wildman–Crippen LogP) is 6.41. The van der Waals surface area contributed by atoms with E-state index in [1.54, 1.807) is 36.4 Å². The Kier molecular flexibility index (Phi) is 5.91. The zero-order valence-corrected chi connectivity index (χ0v) is 16.9. The zero-order valence-electron chi connectivity index (χ0n) is 16.2. The molecule has 29 heavy (non-hydrogen) atoms. The Labute approximate surface area is 175 Å². The van der Waals surface area contributed by atoms with Gasteiger partial charge in [0.25, 0.3) is 5.91 Å². The number of para-hydroxylation sites is 1. The summed E-state index contributed by atoms with van der Waals surface area (Å²) in [6, 6.07) is 16.1. The van der Waals surface area contributed by atoms with Crippen molar-refractivity contribution >= 4 is 34.0 Å². The van der Waals surface area contributed by atoms with Gasteiger partial charge in [-0.2, -0.15) is 0 Å². The number of carbonyl (C=O) groups excluding carboxylic acids is 1. The average Bonchev–Trinajstić information content (AvgIpc) is 2.76. The van der Waals surface area contributed by atoms with Crippen LogP contribution in [0.3, 0.4) is 0 Å². The number of carbonyl (C=O) groups is 1. The lowest BCUT2D eigenvalue weighted by atomic mass is 9.90. The second-order valence-electron chi connectivity index (χ2n) is 7.57. The van der Waals surface area contributed by atoms with E-state index in [1.165, 1.54) is 32.1 Å². The predicted molar refractivity (Wildman–Crippen MR) is 117 cm³/mol. The van der Waals surface area contributed by atoms with Gasteiger partial charge >= 0.3 is 0 Å². The summed E-state index contributed by atoms with van der Waals surface area (Å²) < 4.78 is 6.16. The Morgan fingerprint density at radius 1 is 1.03 bits per heavy atom. The highest BCUT2D eigenvalue weighted by Crippen LogP contribution is 2.37. The molecule has 150 valence electrons. The maximum atomic E-state index is 12.9. The maximum absolute atomic E-state index is 12.9. The fourth-order valence-electron chi connectivity index (χ4n) is 3.93. The molecule has 0 aromatic heterocycles. The summed E-state index contributed by atoms with van der Waals surface area (Å²) in [6.45, 7) is 0.625. The molecule has 3 aromatic carbocycles. The zero-order chi connectivity index (χ0) is 20.2. The highest BCUT2D eigenvalue weighted by molar-refractivity contribution is 6.34. The lowest BCUT2D eigenvalue weighted by molar-refractivity contribution is 0.102. The van der Waals surface area contributed by atoms with Crippen LogP contribution in [-0.2, 0) is 0 Å². The van der Waals surface area contributed by atoms with E-state index in [1.807, 2.05) is 18.2 Å². The van der Waals surface area contributed by atoms with E-state index >= 15 is 0 Å². The third-order valence-electron chi connectivity index (χ3n) is 5.54. The smallest absolute Gasteiger partial charge is 0.259 e. The molecule has 0 heterocycles. The van der Waals surface area contributed by atoms with Gasteiger partial charge in [-0.3, -0.25) is 4.79 Å². The molecule has 3 aromatic rings. The monoisotopic (exact) mass is 409 g/mol. The molecule has 0 spiro atoms. The summed E-state index contributed by atoms with van der Waals surface area (Å²) in [5.74, 6) is 0.670. The van der Waals surface area contributed by atoms with Gasteiger partial charge < -0.3 is 15.2 Å². The minimum atomic E-state index is -0.427. The van der Waals surface area contributed by atoms with Crippen molar-refractivity contribution < 1.29 is 14.6 Å². The first-order valence-electron chi connectivity index (χ1n) is 10.1. The third kappa shape index (κ3) is 4.33. The molecule has 1 aliphatic rings. The normalized spacial score (nSPS) is 14.7. The third-order valence-corrected chi connectivity index (χ3v) is 5.87. The molecule has 1 amide bonds. The molecule has 5 heteroatoms. The molecule has 1 saturated carbocycles. The van der Waals surface area contributed by atoms with Crippen LogP contribution in [0.25, 0.3) is 10.8 Å². The van der Waals surface area contributed by atoms with Gasteiger partial charge in [0.05, 0.1) is 22.9 Å². The topological polar surface area (TPSA) is 58.6 Å². The van der Waals surface area contributed by atoms with Crippen LogP contribution in [0.4, 0.5) is 5.69 Å². The Balaban J connectivity index is 1.65. The van der Waals surface area contributed by atoms with E-state index in [4.69, 9.17) is 16.3 Å². The molecule has 0 aliphatic heterocycles. The van der Waals surface area contributed by atoms with Crippen molar-refractivity contribution in [1.82, 2.24) is 0 Å². The van der Waals surface area contributed by atoms with Crippen LogP contribution in [-0.4, -0.2) is 17.6 Å². The van der Waals surface area contributed by atoms with Crippen LogP contribution < -0.4 is 10.1 Å². The summed E-state index contributed by atoms with van der Waals surface area (Å²) in [7, 11) is 0. The fourth-order valence-corrected chi connectivity index (χ4v) is 4.12. The number of ether oxygens (including phenoxy) is 1. The van der Waals surface area contributed by atoms with Gasteiger partial charge in [-0.25, -0.2) is 0 Å². The van der Waals surface area contributed by atoms with Crippen molar-refractivity contribution in [2.24, 2.45) is 5.92 Å². The van der Waals surface area contributed by atoms with Crippen molar-refractivity contribution in [2.45, 2.75) is 32.1 Å². The fraction of sp³-hybridized carbons (Fsp3) is 0.292. The first-order chi connectivity index (χ1) is 14.1. The molecule has 4 rings (SSSR count). The van der Waals surface area contributed by atoms with Crippen LogP contribution >= 0.6 is 11.6 Å². The lowest BCUT2D eigenvalue weighted by Gasteiger charge is -2.22. The summed E-state index contributed by atoms with van der Waals surface area (Å²) in [5, 5.41) is 15.4. The Morgan fingerprint density at radius 3 is 2.48 bits per heavy atom. The van der Waals surface area contributed by atoms with Crippen LogP contribution in [0.5, 0.6) is 11.5 Å². The largest absolute Gasteiger partial charge is 0.506 e. The second-order valence-corrected chi connectivity index (χ2v) is 7.97. The molecule has 0 radical (unpaired) electrons. The summed E-state index contributed by atoms with van der Waals surface area (Å²) in [6.07, 6.45) is 6.14. The van der Waals surface area contributed by atoms with Crippen LogP contribution in [0.1, 0.15) is 42.5 Å². The summed E-state index contributed by atoms with van der Waals surface area (Å²) in [5.41, 5.74) is 0.665. The van der Waals surface area contributed by atoms with Gasteiger partial charge in [-0.1, -0.05) is 67.3 Å². The molecule has 0 atom stereocenters. The van der Waals surface area contributed by atoms with Gasteiger partial charge in [0.1, 0.15) is 11.5 Å². The van der Waals surface area contributed by atoms with Gasteiger partial charge in [0.2, 0.25) is 0 Å². The number of fused-ring (bicyclic) bond motifs is 1. The molecule has 0 unspecified atom stereocenters. The minimum absolute atomic E-state index is 0.0600. The number of hydrogen-bond donors (Lipinski definition) is 2. The van der Waals surface area contributed by atoms with E-state index in [2.05, 4.69) is 5.32 Å². The van der Waals surface area contributed by atoms with E-state index in [0.717, 1.165) is 5.39 Å². The van der Waals surface area contributed by atoms with Crippen molar-refractivity contribution in [1.29, 1.82) is 0 Å². The van der Waals surface area contributed by atoms with Crippen molar-refractivity contribution in [2.75, 3.05) is 11.9 Å². The SMILES string of the molecule is O=C(Nc1ccccc1Cl)c1cc(OCC2CCCCC2)c2ccccc2c1O.